The summed E-state index contributed by atoms with van der Waals surface area (Å²) in [5.74, 6) is -2.59. The van der Waals surface area contributed by atoms with Crippen LogP contribution in [-0.2, 0) is 24.4 Å². The quantitative estimate of drug-likeness (QED) is 0.339. The van der Waals surface area contributed by atoms with Crippen molar-refractivity contribution in [3.8, 4) is 5.69 Å². The number of hydrogen-bond acceptors (Lipinski definition) is 7. The van der Waals surface area contributed by atoms with Gasteiger partial charge in [-0.15, -0.1) is 0 Å². The molecular weight excluding hydrogens is 500 g/mol. The van der Waals surface area contributed by atoms with E-state index in [-0.39, 0.29) is 12.5 Å². The monoisotopic (exact) mass is 535 g/mol. The number of rotatable bonds is 7. The second kappa shape index (κ2) is 10.7. The van der Waals surface area contributed by atoms with E-state index in [0.717, 1.165) is 17.0 Å². The molecular formula is C27H35F2N3O6. The van der Waals surface area contributed by atoms with Crippen LogP contribution in [0.3, 0.4) is 0 Å². The molecule has 1 aromatic heterocycles. The second-order valence-corrected chi connectivity index (χ2v) is 11.4. The molecule has 0 bridgehead atoms. The number of hydrogen-bond donors (Lipinski definition) is 0. The molecule has 0 N–H and O–H groups in total. The third kappa shape index (κ3) is 6.68. The standard InChI is InChI=1S/C27H35F2N3O6/c1-25(2,3)37-23(34)32(24(35)38-26(4,5)6)12-8-9-17-14-27(17,22(33)36-7)21-15-31(16-30-21)18-10-11-19(28)20(29)13-18/h10-11,13,15-17H,8-9,12,14H2,1-7H3/t17-,27+/m0/s1. The van der Waals surface area contributed by atoms with Crippen LogP contribution in [0.1, 0.15) is 66.5 Å². The Labute approximate surface area is 221 Å². The first kappa shape index (κ1) is 29.1. The molecule has 1 saturated carbocycles. The molecule has 0 radical (unpaired) electrons. The lowest BCUT2D eigenvalue weighted by Gasteiger charge is -2.28. The molecule has 2 amide bonds. The Bertz CT molecular complexity index is 1170. The molecule has 1 fully saturated rings. The summed E-state index contributed by atoms with van der Waals surface area (Å²) in [6.45, 7) is 10.2. The molecule has 3 rings (SSSR count). The fourth-order valence-corrected chi connectivity index (χ4v) is 4.26. The molecule has 0 spiro atoms. The summed E-state index contributed by atoms with van der Waals surface area (Å²) in [5, 5.41) is 0. The van der Waals surface area contributed by atoms with Crippen molar-refractivity contribution >= 4 is 18.2 Å². The largest absolute Gasteiger partial charge is 0.468 e. The van der Waals surface area contributed by atoms with Gasteiger partial charge in [0.1, 0.15) is 16.6 Å². The first-order valence-electron chi connectivity index (χ1n) is 12.4. The highest BCUT2D eigenvalue weighted by Gasteiger charge is 2.63. The van der Waals surface area contributed by atoms with E-state index in [0.29, 0.717) is 30.6 Å². The van der Waals surface area contributed by atoms with Crippen LogP contribution in [0.4, 0.5) is 18.4 Å². The van der Waals surface area contributed by atoms with E-state index in [9.17, 15) is 23.2 Å². The summed E-state index contributed by atoms with van der Waals surface area (Å²) in [4.78, 5) is 43.6. The van der Waals surface area contributed by atoms with E-state index in [1.54, 1.807) is 47.7 Å². The summed E-state index contributed by atoms with van der Waals surface area (Å²) in [6, 6.07) is 3.46. The Morgan fingerprint density at radius 3 is 2.18 bits per heavy atom. The number of esters is 1. The molecule has 11 heteroatoms. The van der Waals surface area contributed by atoms with Gasteiger partial charge in [-0.1, -0.05) is 0 Å². The minimum Gasteiger partial charge on any atom is -0.468 e. The van der Waals surface area contributed by atoms with E-state index in [4.69, 9.17) is 14.2 Å². The van der Waals surface area contributed by atoms with Crippen LogP contribution in [0.5, 0.6) is 0 Å². The Morgan fingerprint density at radius 1 is 1.05 bits per heavy atom. The number of aromatic nitrogens is 2. The molecule has 2 atom stereocenters. The fraction of sp³-hybridized carbons (Fsp3) is 0.556. The van der Waals surface area contributed by atoms with E-state index >= 15 is 0 Å². The van der Waals surface area contributed by atoms with E-state index in [1.807, 2.05) is 0 Å². The number of amides is 2. The SMILES string of the molecule is COC(=O)[C@]1(c2cn(-c3ccc(F)c(F)c3)cn2)C[C@@H]1CCCN(C(=O)OC(C)(C)C)C(=O)OC(C)(C)C. The molecule has 1 aromatic carbocycles. The number of imidazole rings is 1. The summed E-state index contributed by atoms with van der Waals surface area (Å²) in [7, 11) is 1.29. The van der Waals surface area contributed by atoms with Crippen molar-refractivity contribution in [3.05, 3.63) is 48.1 Å². The average Bonchev–Trinajstić information content (AvgIpc) is 3.30. The Hall–Kier alpha value is -3.50. The summed E-state index contributed by atoms with van der Waals surface area (Å²) in [5.41, 5.74) is -1.83. The number of carbonyl (C=O) groups excluding carboxylic acids is 3. The molecule has 38 heavy (non-hydrogen) atoms. The lowest BCUT2D eigenvalue weighted by atomic mass is 9.97. The van der Waals surface area contributed by atoms with Gasteiger partial charge in [-0.2, -0.15) is 0 Å². The predicted octanol–water partition coefficient (Wildman–Crippen LogP) is 5.53. The van der Waals surface area contributed by atoms with Crippen molar-refractivity contribution in [2.45, 2.75) is 77.4 Å². The number of carbonyl (C=O) groups is 3. The minimum atomic E-state index is -1.01. The minimum absolute atomic E-state index is 0.0286. The van der Waals surface area contributed by atoms with Gasteiger partial charge in [-0.05, 0) is 78.9 Å². The van der Waals surface area contributed by atoms with Crippen LogP contribution in [0.15, 0.2) is 30.7 Å². The Morgan fingerprint density at radius 2 is 1.66 bits per heavy atom. The van der Waals surface area contributed by atoms with Crippen molar-refractivity contribution in [2.24, 2.45) is 5.92 Å². The van der Waals surface area contributed by atoms with Crippen molar-refractivity contribution in [1.29, 1.82) is 0 Å². The normalized spacial score (nSPS) is 19.0. The van der Waals surface area contributed by atoms with Gasteiger partial charge in [0.25, 0.3) is 0 Å². The van der Waals surface area contributed by atoms with Crippen LogP contribution < -0.4 is 0 Å². The van der Waals surface area contributed by atoms with Gasteiger partial charge in [0.05, 0.1) is 19.1 Å². The molecule has 0 aliphatic heterocycles. The van der Waals surface area contributed by atoms with Crippen LogP contribution >= 0.6 is 0 Å². The molecule has 208 valence electrons. The van der Waals surface area contributed by atoms with Gasteiger partial charge in [0.2, 0.25) is 0 Å². The molecule has 1 heterocycles. The highest BCUT2D eigenvalue weighted by Crippen LogP contribution is 2.57. The Balaban J connectivity index is 1.74. The van der Waals surface area contributed by atoms with Gasteiger partial charge in [0.15, 0.2) is 11.6 Å². The van der Waals surface area contributed by atoms with Crippen molar-refractivity contribution in [2.75, 3.05) is 13.7 Å². The highest BCUT2D eigenvalue weighted by molar-refractivity contribution is 5.88. The first-order valence-corrected chi connectivity index (χ1v) is 12.4. The van der Waals surface area contributed by atoms with E-state index in [2.05, 4.69) is 4.98 Å². The first-order chi connectivity index (χ1) is 17.6. The fourth-order valence-electron chi connectivity index (χ4n) is 4.26. The Kier molecular flexibility index (Phi) is 8.18. The zero-order valence-electron chi connectivity index (χ0n) is 22.8. The molecule has 9 nitrogen and oxygen atoms in total. The molecule has 0 saturated heterocycles. The van der Waals surface area contributed by atoms with Gasteiger partial charge in [-0.25, -0.2) is 28.3 Å². The average molecular weight is 536 g/mol. The van der Waals surface area contributed by atoms with Crippen LogP contribution in [0.25, 0.3) is 5.69 Å². The number of methoxy groups -OCH3 is 1. The predicted molar refractivity (Wildman–Crippen MR) is 134 cm³/mol. The lowest BCUT2D eigenvalue weighted by Crippen LogP contribution is -2.44. The van der Waals surface area contributed by atoms with Gasteiger partial charge < -0.3 is 18.8 Å². The van der Waals surface area contributed by atoms with E-state index < -0.39 is 46.4 Å². The number of nitrogens with zero attached hydrogens (tertiary/aromatic N) is 3. The smallest absolute Gasteiger partial charge is 0.419 e. The van der Waals surface area contributed by atoms with Gasteiger partial charge in [-0.3, -0.25) is 4.79 Å². The number of benzene rings is 1. The number of halogens is 2. The number of imide groups is 1. The van der Waals surface area contributed by atoms with Gasteiger partial charge in [0, 0.05) is 24.5 Å². The third-order valence-electron chi connectivity index (χ3n) is 6.06. The molecule has 1 aliphatic rings. The zero-order valence-corrected chi connectivity index (χ0v) is 22.8. The topological polar surface area (TPSA) is 100.0 Å². The molecule has 1 aliphatic carbocycles. The van der Waals surface area contributed by atoms with Crippen LogP contribution in [0, 0.1) is 17.6 Å². The van der Waals surface area contributed by atoms with E-state index in [1.165, 1.54) is 24.1 Å². The zero-order chi connectivity index (χ0) is 28.5. The van der Waals surface area contributed by atoms with Crippen LogP contribution in [-0.4, -0.2) is 57.5 Å². The maximum atomic E-state index is 13.7. The van der Waals surface area contributed by atoms with Gasteiger partial charge >= 0.3 is 18.2 Å². The third-order valence-corrected chi connectivity index (χ3v) is 6.06. The summed E-state index contributed by atoms with van der Waals surface area (Å²) < 4.78 is 44.4. The van der Waals surface area contributed by atoms with Crippen molar-refractivity contribution in [3.63, 3.8) is 0 Å². The molecule has 2 aromatic rings. The number of ether oxygens (including phenoxy) is 3. The maximum Gasteiger partial charge on any atom is 0.419 e. The maximum absolute atomic E-state index is 13.7. The summed E-state index contributed by atoms with van der Waals surface area (Å²) in [6.07, 6.45) is 2.71. The lowest BCUT2D eigenvalue weighted by molar-refractivity contribution is -0.144. The van der Waals surface area contributed by atoms with Crippen molar-refractivity contribution in [1.82, 2.24) is 14.5 Å². The summed E-state index contributed by atoms with van der Waals surface area (Å²) >= 11 is 0. The molecule has 0 unspecified atom stereocenters. The highest BCUT2D eigenvalue weighted by atomic mass is 19.2. The van der Waals surface area contributed by atoms with Crippen LogP contribution in [0.2, 0.25) is 0 Å². The van der Waals surface area contributed by atoms with Crippen molar-refractivity contribution < 1.29 is 37.4 Å². The second-order valence-electron chi connectivity index (χ2n) is 11.4.